The fourth-order valence-electron chi connectivity index (χ4n) is 2.64. The molecule has 0 saturated carbocycles. The summed E-state index contributed by atoms with van der Waals surface area (Å²) in [6.45, 7) is 2.26. The highest BCUT2D eigenvalue weighted by Gasteiger charge is 2.11. The number of anilines is 2. The van der Waals surface area contributed by atoms with E-state index in [0.717, 1.165) is 23.1 Å². The van der Waals surface area contributed by atoms with Gasteiger partial charge in [0.2, 0.25) is 0 Å². The van der Waals surface area contributed by atoms with Crippen molar-refractivity contribution in [3.05, 3.63) is 58.6 Å². The van der Waals surface area contributed by atoms with Crippen molar-refractivity contribution in [1.82, 2.24) is 5.43 Å². The van der Waals surface area contributed by atoms with E-state index >= 15 is 0 Å². The molecule has 2 aromatic carbocycles. The third-order valence-electron chi connectivity index (χ3n) is 3.83. The minimum Gasteiger partial charge on any atom is -0.372 e. The van der Waals surface area contributed by atoms with Crippen LogP contribution in [0.3, 0.4) is 0 Å². The third kappa shape index (κ3) is 4.58. The Morgan fingerprint density at radius 3 is 2.58 bits per heavy atom. The van der Waals surface area contributed by atoms with E-state index in [1.807, 2.05) is 36.4 Å². The Bertz CT molecular complexity index is 724. The van der Waals surface area contributed by atoms with Crippen LogP contribution in [0.4, 0.5) is 16.2 Å². The number of carbonyl (C=O) groups is 1. The smallest absolute Gasteiger partial charge is 0.339 e. The van der Waals surface area contributed by atoms with Gasteiger partial charge in [0.15, 0.2) is 0 Å². The topological polar surface area (TPSA) is 56.7 Å². The second-order valence-electron chi connectivity index (χ2n) is 5.62. The van der Waals surface area contributed by atoms with Crippen LogP contribution in [-0.4, -0.2) is 25.3 Å². The van der Waals surface area contributed by atoms with Crippen LogP contribution in [0.25, 0.3) is 0 Å². The first-order chi connectivity index (χ1) is 11.7. The molecular formula is C18H19BrN4O. The Balaban J connectivity index is 1.51. The van der Waals surface area contributed by atoms with Crippen LogP contribution >= 0.6 is 15.9 Å². The molecule has 1 aliphatic heterocycles. The van der Waals surface area contributed by atoms with Gasteiger partial charge in [-0.15, -0.1) is 0 Å². The maximum atomic E-state index is 11.8. The lowest BCUT2D eigenvalue weighted by atomic mass is 10.2. The van der Waals surface area contributed by atoms with Gasteiger partial charge >= 0.3 is 6.03 Å². The van der Waals surface area contributed by atoms with Crippen LogP contribution in [0.1, 0.15) is 18.4 Å². The van der Waals surface area contributed by atoms with Gasteiger partial charge in [-0.25, -0.2) is 10.2 Å². The SMILES string of the molecule is O=C(N/N=C\c1ccc(N2CCCC2)cc1)Nc1cccc(Br)c1. The van der Waals surface area contributed by atoms with E-state index in [1.54, 1.807) is 6.21 Å². The lowest BCUT2D eigenvalue weighted by Gasteiger charge is -2.17. The van der Waals surface area contributed by atoms with Crippen LogP contribution in [0.5, 0.6) is 0 Å². The van der Waals surface area contributed by atoms with Crippen LogP contribution < -0.4 is 15.6 Å². The molecule has 3 rings (SSSR count). The van der Waals surface area contributed by atoms with Gasteiger partial charge in [0.25, 0.3) is 0 Å². The van der Waals surface area contributed by atoms with E-state index in [4.69, 9.17) is 0 Å². The second-order valence-corrected chi connectivity index (χ2v) is 6.54. The van der Waals surface area contributed by atoms with Gasteiger partial charge in [-0.05, 0) is 48.7 Å². The molecule has 0 atom stereocenters. The molecule has 0 aliphatic carbocycles. The largest absolute Gasteiger partial charge is 0.372 e. The van der Waals surface area contributed by atoms with E-state index in [0.29, 0.717) is 5.69 Å². The molecule has 6 heteroatoms. The predicted molar refractivity (Wildman–Crippen MR) is 102 cm³/mol. The average molecular weight is 387 g/mol. The van der Waals surface area contributed by atoms with E-state index in [2.05, 4.69) is 48.8 Å². The van der Waals surface area contributed by atoms with Gasteiger partial charge < -0.3 is 10.2 Å². The first kappa shape index (κ1) is 16.5. The zero-order chi connectivity index (χ0) is 16.8. The molecule has 5 nitrogen and oxygen atoms in total. The van der Waals surface area contributed by atoms with Crippen LogP contribution in [0, 0.1) is 0 Å². The van der Waals surface area contributed by atoms with Crippen molar-refractivity contribution >= 4 is 39.6 Å². The van der Waals surface area contributed by atoms with E-state index in [1.165, 1.54) is 18.5 Å². The highest BCUT2D eigenvalue weighted by molar-refractivity contribution is 9.10. The Hall–Kier alpha value is -2.34. The van der Waals surface area contributed by atoms with Crippen molar-refractivity contribution < 1.29 is 4.79 Å². The van der Waals surface area contributed by atoms with Crippen LogP contribution in [-0.2, 0) is 0 Å². The number of benzene rings is 2. The maximum absolute atomic E-state index is 11.8. The Morgan fingerprint density at radius 1 is 1.12 bits per heavy atom. The van der Waals surface area contributed by atoms with Crippen molar-refractivity contribution in [2.24, 2.45) is 5.10 Å². The molecule has 0 spiro atoms. The van der Waals surface area contributed by atoms with Gasteiger partial charge in [-0.2, -0.15) is 5.10 Å². The van der Waals surface area contributed by atoms with Gasteiger partial charge in [0.05, 0.1) is 6.21 Å². The molecule has 2 N–H and O–H groups in total. The Kier molecular flexibility index (Phi) is 5.48. The van der Waals surface area contributed by atoms with Crippen molar-refractivity contribution in [2.75, 3.05) is 23.3 Å². The Morgan fingerprint density at radius 2 is 1.88 bits per heavy atom. The molecule has 2 aromatic rings. The number of nitrogens with zero attached hydrogens (tertiary/aromatic N) is 2. The van der Waals surface area contributed by atoms with Crippen molar-refractivity contribution in [3.63, 3.8) is 0 Å². The van der Waals surface area contributed by atoms with Gasteiger partial charge in [-0.1, -0.05) is 34.1 Å². The average Bonchev–Trinajstić information content (AvgIpc) is 3.10. The molecule has 1 saturated heterocycles. The summed E-state index contributed by atoms with van der Waals surface area (Å²) in [4.78, 5) is 14.2. The number of halogens is 1. The first-order valence-corrected chi connectivity index (χ1v) is 8.71. The molecule has 1 fully saturated rings. The number of rotatable bonds is 4. The number of hydrogen-bond donors (Lipinski definition) is 2. The fraction of sp³-hybridized carbons (Fsp3) is 0.222. The minimum absolute atomic E-state index is 0.377. The summed E-state index contributed by atoms with van der Waals surface area (Å²) in [5.74, 6) is 0. The number of urea groups is 1. The van der Waals surface area contributed by atoms with E-state index < -0.39 is 0 Å². The molecule has 24 heavy (non-hydrogen) atoms. The summed E-state index contributed by atoms with van der Waals surface area (Å²) in [5.41, 5.74) is 5.35. The summed E-state index contributed by atoms with van der Waals surface area (Å²) < 4.78 is 0.905. The van der Waals surface area contributed by atoms with Gasteiger partial charge in [0.1, 0.15) is 0 Å². The first-order valence-electron chi connectivity index (χ1n) is 7.91. The lowest BCUT2D eigenvalue weighted by Crippen LogP contribution is -2.24. The number of hydrogen-bond acceptors (Lipinski definition) is 3. The predicted octanol–water partition coefficient (Wildman–Crippen LogP) is 4.20. The van der Waals surface area contributed by atoms with Crippen molar-refractivity contribution in [1.29, 1.82) is 0 Å². The van der Waals surface area contributed by atoms with Gasteiger partial charge in [-0.3, -0.25) is 0 Å². The minimum atomic E-state index is -0.377. The number of hydrazone groups is 1. The summed E-state index contributed by atoms with van der Waals surface area (Å²) in [7, 11) is 0. The fourth-order valence-corrected chi connectivity index (χ4v) is 3.04. The van der Waals surface area contributed by atoms with Crippen LogP contribution in [0.15, 0.2) is 58.1 Å². The third-order valence-corrected chi connectivity index (χ3v) is 4.32. The second kappa shape index (κ2) is 7.97. The highest BCUT2D eigenvalue weighted by atomic mass is 79.9. The standard InChI is InChI=1S/C18H19BrN4O/c19-15-4-3-5-16(12-15)21-18(24)22-20-13-14-6-8-17(9-7-14)23-10-1-2-11-23/h3-9,12-13H,1-2,10-11H2,(H2,21,22,24)/b20-13-. The molecular weight excluding hydrogens is 368 g/mol. The molecule has 0 unspecified atom stereocenters. The van der Waals surface area contributed by atoms with Crippen molar-refractivity contribution in [3.8, 4) is 0 Å². The summed E-state index contributed by atoms with van der Waals surface area (Å²) in [6, 6.07) is 15.2. The normalized spacial score (nSPS) is 14.1. The molecule has 0 aromatic heterocycles. The van der Waals surface area contributed by atoms with Crippen molar-refractivity contribution in [2.45, 2.75) is 12.8 Å². The number of carbonyl (C=O) groups excluding carboxylic acids is 1. The summed E-state index contributed by atoms with van der Waals surface area (Å²) in [5, 5.41) is 6.69. The van der Waals surface area contributed by atoms with E-state index in [9.17, 15) is 4.79 Å². The van der Waals surface area contributed by atoms with Crippen LogP contribution in [0.2, 0.25) is 0 Å². The molecule has 1 aliphatic rings. The quantitative estimate of drug-likeness (QED) is 0.610. The Labute approximate surface area is 149 Å². The monoisotopic (exact) mass is 386 g/mol. The zero-order valence-corrected chi connectivity index (χ0v) is 14.8. The maximum Gasteiger partial charge on any atom is 0.339 e. The zero-order valence-electron chi connectivity index (χ0n) is 13.2. The summed E-state index contributed by atoms with van der Waals surface area (Å²) in [6.07, 6.45) is 4.16. The number of amides is 2. The summed E-state index contributed by atoms with van der Waals surface area (Å²) >= 11 is 3.36. The molecule has 0 bridgehead atoms. The molecule has 124 valence electrons. The van der Waals surface area contributed by atoms with E-state index in [-0.39, 0.29) is 6.03 Å². The molecule has 2 amide bonds. The molecule has 1 heterocycles. The number of nitrogens with one attached hydrogen (secondary N) is 2. The highest BCUT2D eigenvalue weighted by Crippen LogP contribution is 2.20. The molecule has 0 radical (unpaired) electrons. The lowest BCUT2D eigenvalue weighted by molar-refractivity contribution is 0.252. The van der Waals surface area contributed by atoms with Gasteiger partial charge in [0, 0.05) is 28.9 Å².